The van der Waals surface area contributed by atoms with Crippen molar-refractivity contribution in [3.8, 4) is 0 Å². The molecular weight excluding hydrogens is 318 g/mol. The largest absolute Gasteiger partial charge is 0.323 e. The van der Waals surface area contributed by atoms with E-state index in [1.54, 1.807) is 6.20 Å². The number of sulfonamides is 1. The summed E-state index contributed by atoms with van der Waals surface area (Å²) in [5.74, 6) is -0.434. The molecule has 0 saturated carbocycles. The van der Waals surface area contributed by atoms with Crippen LogP contribution in [0, 0.1) is 5.92 Å². The van der Waals surface area contributed by atoms with Gasteiger partial charge in [-0.25, -0.2) is 8.42 Å². The molecule has 1 aromatic heterocycles. The molecule has 1 saturated heterocycles. The minimum Gasteiger partial charge on any atom is -0.323 e. The highest BCUT2D eigenvalue weighted by Gasteiger charge is 2.39. The molecule has 0 bridgehead atoms. The van der Waals surface area contributed by atoms with Gasteiger partial charge in [0, 0.05) is 25.4 Å². The highest BCUT2D eigenvalue weighted by atomic mass is 32.2. The Morgan fingerprint density at radius 2 is 2.04 bits per heavy atom. The van der Waals surface area contributed by atoms with E-state index in [0.717, 1.165) is 0 Å². The van der Waals surface area contributed by atoms with Crippen molar-refractivity contribution >= 4 is 21.6 Å². The van der Waals surface area contributed by atoms with Crippen LogP contribution in [-0.2, 0) is 21.4 Å². The van der Waals surface area contributed by atoms with Crippen molar-refractivity contribution in [2.75, 3.05) is 17.6 Å². The van der Waals surface area contributed by atoms with E-state index in [2.05, 4.69) is 5.32 Å². The van der Waals surface area contributed by atoms with Crippen molar-refractivity contribution in [2.24, 2.45) is 5.92 Å². The highest BCUT2D eigenvalue weighted by molar-refractivity contribution is 7.89. The topological polar surface area (TPSA) is 88.5 Å². The molecule has 1 aliphatic heterocycles. The van der Waals surface area contributed by atoms with Gasteiger partial charge in [-0.1, -0.05) is 13.8 Å². The van der Waals surface area contributed by atoms with Crippen molar-refractivity contribution in [3.05, 3.63) is 28.7 Å². The van der Waals surface area contributed by atoms with Crippen LogP contribution in [0.4, 0.5) is 5.69 Å². The van der Waals surface area contributed by atoms with Gasteiger partial charge in [0.2, 0.25) is 15.9 Å². The Bertz CT molecular complexity index is 739. The van der Waals surface area contributed by atoms with Gasteiger partial charge in [-0.2, -0.15) is 4.31 Å². The number of hydrogen-bond acceptors (Lipinski definition) is 4. The Balaban J connectivity index is 2.24. The number of carbonyl (C=O) groups excluding carboxylic acids is 1. The summed E-state index contributed by atoms with van der Waals surface area (Å²) in [5.41, 5.74) is 0.340. The Hall–Kier alpha value is -1.67. The summed E-state index contributed by atoms with van der Waals surface area (Å²) in [6.07, 6.45) is 2.11. The van der Waals surface area contributed by atoms with Crippen LogP contribution in [-0.4, -0.2) is 41.5 Å². The number of anilines is 1. The number of amides is 1. The molecule has 1 aliphatic rings. The van der Waals surface area contributed by atoms with Crippen molar-refractivity contribution in [1.82, 2.24) is 8.87 Å². The van der Waals surface area contributed by atoms with Gasteiger partial charge < -0.3 is 9.88 Å². The van der Waals surface area contributed by atoms with E-state index in [9.17, 15) is 18.0 Å². The van der Waals surface area contributed by atoms with E-state index in [-0.39, 0.29) is 23.1 Å². The molecule has 23 heavy (non-hydrogen) atoms. The van der Waals surface area contributed by atoms with Gasteiger partial charge in [-0.05, 0) is 25.3 Å². The summed E-state index contributed by atoms with van der Waals surface area (Å²) >= 11 is 0. The molecule has 1 aromatic rings. The SMILES string of the molecule is CCn1cc(NC(=O)C(C(C)C)N2CCCS2(=O)=O)ccc1=O. The van der Waals surface area contributed by atoms with Crippen molar-refractivity contribution in [2.45, 2.75) is 39.8 Å². The third-order valence-electron chi connectivity index (χ3n) is 3.94. The number of nitrogens with one attached hydrogen (secondary N) is 1. The van der Waals surface area contributed by atoms with Crippen LogP contribution < -0.4 is 10.9 Å². The molecule has 0 spiro atoms. The number of hydrogen-bond donors (Lipinski definition) is 1. The summed E-state index contributed by atoms with van der Waals surface area (Å²) in [4.78, 5) is 24.2. The lowest BCUT2D eigenvalue weighted by molar-refractivity contribution is -0.120. The van der Waals surface area contributed by atoms with E-state index in [0.29, 0.717) is 25.2 Å². The second-order valence-corrected chi connectivity index (χ2v) is 8.04. The van der Waals surface area contributed by atoms with Gasteiger partial charge in [-0.15, -0.1) is 0 Å². The highest BCUT2D eigenvalue weighted by Crippen LogP contribution is 2.23. The van der Waals surface area contributed by atoms with E-state index < -0.39 is 16.1 Å². The van der Waals surface area contributed by atoms with Crippen LogP contribution >= 0.6 is 0 Å². The summed E-state index contributed by atoms with van der Waals surface area (Å²) in [6, 6.07) is 2.17. The molecule has 8 heteroatoms. The maximum absolute atomic E-state index is 12.6. The lowest BCUT2D eigenvalue weighted by atomic mass is 10.0. The number of rotatable bonds is 5. The molecule has 0 aromatic carbocycles. The first kappa shape index (κ1) is 17.7. The zero-order valence-corrected chi connectivity index (χ0v) is 14.5. The normalized spacial score (nSPS) is 19.0. The van der Waals surface area contributed by atoms with Gasteiger partial charge in [0.15, 0.2) is 0 Å². The van der Waals surface area contributed by atoms with Gasteiger partial charge in [0.25, 0.3) is 5.56 Å². The average Bonchev–Trinajstić information content (AvgIpc) is 2.80. The summed E-state index contributed by atoms with van der Waals surface area (Å²) in [6.45, 7) is 6.35. The fraction of sp³-hybridized carbons (Fsp3) is 0.600. The molecule has 1 fully saturated rings. The maximum Gasteiger partial charge on any atom is 0.250 e. The minimum absolute atomic E-state index is 0.0875. The molecule has 1 unspecified atom stereocenters. The standard InChI is InChI=1S/C15H23N3O4S/c1-4-17-10-12(6-7-13(17)19)16-15(20)14(11(2)3)18-8-5-9-23(18,21)22/h6-7,10-11,14H,4-5,8-9H2,1-3H3,(H,16,20). The molecular formula is C15H23N3O4S. The molecule has 2 rings (SSSR count). The zero-order valence-electron chi connectivity index (χ0n) is 13.7. The Morgan fingerprint density at radius 3 is 2.57 bits per heavy atom. The predicted octanol–water partition coefficient (Wildman–Crippen LogP) is 0.867. The number of carbonyl (C=O) groups is 1. The Labute approximate surface area is 136 Å². The van der Waals surface area contributed by atoms with Crippen LogP contribution in [0.3, 0.4) is 0 Å². The van der Waals surface area contributed by atoms with E-state index >= 15 is 0 Å². The van der Waals surface area contributed by atoms with Crippen LogP contribution in [0.2, 0.25) is 0 Å². The summed E-state index contributed by atoms with van der Waals surface area (Å²) in [5, 5.41) is 2.74. The second kappa shape index (κ2) is 6.84. The fourth-order valence-electron chi connectivity index (χ4n) is 2.81. The third kappa shape index (κ3) is 3.81. The summed E-state index contributed by atoms with van der Waals surface area (Å²) in [7, 11) is -3.37. The monoisotopic (exact) mass is 341 g/mol. The number of aryl methyl sites for hydroxylation is 1. The Morgan fingerprint density at radius 1 is 1.35 bits per heavy atom. The molecule has 1 atom stereocenters. The first-order chi connectivity index (χ1) is 10.8. The van der Waals surface area contributed by atoms with Crippen LogP contribution in [0.1, 0.15) is 27.2 Å². The van der Waals surface area contributed by atoms with Gasteiger partial charge in [0.1, 0.15) is 6.04 Å². The fourth-order valence-corrected chi connectivity index (χ4v) is 4.63. The third-order valence-corrected chi connectivity index (χ3v) is 5.87. The van der Waals surface area contributed by atoms with Gasteiger partial charge in [0.05, 0.1) is 11.4 Å². The molecule has 128 valence electrons. The second-order valence-electron chi connectivity index (χ2n) is 6.00. The lowest BCUT2D eigenvalue weighted by Crippen LogP contribution is -2.48. The van der Waals surface area contributed by atoms with E-state index in [1.807, 2.05) is 20.8 Å². The molecule has 0 radical (unpaired) electrons. The quantitative estimate of drug-likeness (QED) is 0.860. The summed E-state index contributed by atoms with van der Waals surface area (Å²) < 4.78 is 27.0. The minimum atomic E-state index is -3.37. The first-order valence-corrected chi connectivity index (χ1v) is 9.38. The van der Waals surface area contributed by atoms with E-state index in [4.69, 9.17) is 0 Å². The zero-order chi connectivity index (χ0) is 17.2. The van der Waals surface area contributed by atoms with Crippen molar-refractivity contribution in [1.29, 1.82) is 0 Å². The Kier molecular flexibility index (Phi) is 5.26. The van der Waals surface area contributed by atoms with Crippen LogP contribution in [0.5, 0.6) is 0 Å². The molecule has 2 heterocycles. The number of aromatic nitrogens is 1. The first-order valence-electron chi connectivity index (χ1n) is 7.77. The molecule has 7 nitrogen and oxygen atoms in total. The molecule has 1 amide bonds. The maximum atomic E-state index is 12.6. The predicted molar refractivity (Wildman–Crippen MR) is 88.7 cm³/mol. The van der Waals surface area contributed by atoms with Crippen molar-refractivity contribution < 1.29 is 13.2 Å². The molecule has 0 aliphatic carbocycles. The molecule has 1 N–H and O–H groups in total. The van der Waals surface area contributed by atoms with Crippen LogP contribution in [0.15, 0.2) is 23.1 Å². The smallest absolute Gasteiger partial charge is 0.250 e. The van der Waals surface area contributed by atoms with E-state index in [1.165, 1.54) is 21.0 Å². The van der Waals surface area contributed by atoms with Gasteiger partial charge >= 0.3 is 0 Å². The number of pyridine rings is 1. The van der Waals surface area contributed by atoms with Gasteiger partial charge in [-0.3, -0.25) is 9.59 Å². The lowest BCUT2D eigenvalue weighted by Gasteiger charge is -2.28. The van der Waals surface area contributed by atoms with Crippen LogP contribution in [0.25, 0.3) is 0 Å². The van der Waals surface area contributed by atoms with Crippen molar-refractivity contribution in [3.63, 3.8) is 0 Å². The average molecular weight is 341 g/mol. The number of nitrogens with zero attached hydrogens (tertiary/aromatic N) is 2.